The van der Waals surface area contributed by atoms with E-state index in [1.54, 1.807) is 19.2 Å². The van der Waals surface area contributed by atoms with Crippen LogP contribution in [0.5, 0.6) is 5.75 Å². The van der Waals surface area contributed by atoms with E-state index >= 15 is 0 Å². The number of ether oxygens (including phenoxy) is 1. The van der Waals surface area contributed by atoms with Gasteiger partial charge < -0.3 is 15.0 Å². The molecule has 1 amide bonds. The van der Waals surface area contributed by atoms with E-state index in [-0.39, 0.29) is 16.8 Å². The Balaban J connectivity index is 1.44. The third-order valence-corrected chi connectivity index (χ3v) is 9.50. The first-order chi connectivity index (χ1) is 15.4. The predicted octanol–water partition coefficient (Wildman–Crippen LogP) is 4.22. The molecule has 0 atom stereocenters. The summed E-state index contributed by atoms with van der Waals surface area (Å²) >= 11 is 5.93. The number of rotatable bonds is 6. The van der Waals surface area contributed by atoms with Crippen LogP contribution in [0.15, 0.2) is 53.4 Å². The Labute approximate surface area is 194 Å². The summed E-state index contributed by atoms with van der Waals surface area (Å²) in [7, 11) is -2.17. The Morgan fingerprint density at radius 1 is 1.03 bits per heavy atom. The van der Waals surface area contributed by atoms with Gasteiger partial charge in [0.2, 0.25) is 5.91 Å². The second-order valence-corrected chi connectivity index (χ2v) is 11.3. The van der Waals surface area contributed by atoms with Crippen LogP contribution in [0.4, 0.5) is 5.69 Å². The lowest BCUT2D eigenvalue weighted by Crippen LogP contribution is -2.55. The van der Waals surface area contributed by atoms with E-state index < -0.39 is 14.6 Å². The smallest absolute Gasteiger partial charge is 0.242 e. The van der Waals surface area contributed by atoms with Gasteiger partial charge in [-0.05, 0) is 74.2 Å². The van der Waals surface area contributed by atoms with Gasteiger partial charge >= 0.3 is 0 Å². The maximum absolute atomic E-state index is 13.5. The Bertz CT molecular complexity index is 1040. The molecule has 2 aromatic rings. The van der Waals surface area contributed by atoms with Crippen molar-refractivity contribution < 1.29 is 17.9 Å². The molecule has 1 N–H and O–H groups in total. The maximum Gasteiger partial charge on any atom is 0.242 e. The first-order valence-corrected chi connectivity index (χ1v) is 12.9. The van der Waals surface area contributed by atoms with Gasteiger partial charge in [-0.1, -0.05) is 24.4 Å². The van der Waals surface area contributed by atoms with E-state index in [1.807, 2.05) is 24.3 Å². The quantitative estimate of drug-likeness (QED) is 0.675. The number of anilines is 1. The molecular formula is C24H29ClN2O4S. The van der Waals surface area contributed by atoms with Crippen LogP contribution in [-0.4, -0.2) is 45.3 Å². The number of carbonyl (C=O) groups excluding carboxylic acids is 1. The Hall–Kier alpha value is -2.25. The van der Waals surface area contributed by atoms with Crippen LogP contribution in [0.25, 0.3) is 0 Å². The van der Waals surface area contributed by atoms with Crippen molar-refractivity contribution in [1.29, 1.82) is 0 Å². The van der Waals surface area contributed by atoms with Crippen molar-refractivity contribution in [2.45, 2.75) is 54.2 Å². The van der Waals surface area contributed by atoms with Gasteiger partial charge in [-0.3, -0.25) is 4.79 Å². The molecule has 0 spiro atoms. The molecule has 2 fully saturated rings. The SMILES string of the molecule is COc1ccc(N2CCC(NC(=O)C3(S(=O)(=O)c4ccc(Cl)cc4)CCCC3)CC2)cc1. The lowest BCUT2D eigenvalue weighted by Gasteiger charge is -2.36. The molecule has 1 aliphatic heterocycles. The number of piperidine rings is 1. The topological polar surface area (TPSA) is 75.7 Å². The van der Waals surface area contributed by atoms with E-state index in [9.17, 15) is 13.2 Å². The lowest BCUT2D eigenvalue weighted by atomic mass is 10.0. The number of halogens is 1. The zero-order valence-corrected chi connectivity index (χ0v) is 19.8. The fourth-order valence-electron chi connectivity index (χ4n) is 4.80. The number of nitrogens with one attached hydrogen (secondary N) is 1. The average molecular weight is 477 g/mol. The molecule has 1 heterocycles. The molecule has 6 nitrogen and oxygen atoms in total. The van der Waals surface area contributed by atoms with Crippen LogP contribution in [0, 0.1) is 0 Å². The van der Waals surface area contributed by atoms with E-state index in [0.29, 0.717) is 17.9 Å². The average Bonchev–Trinajstić information content (AvgIpc) is 3.32. The highest BCUT2D eigenvalue weighted by Crippen LogP contribution is 2.41. The standard InChI is InChI=1S/C24H29ClN2O4S/c1-31-21-8-6-20(7-9-21)27-16-12-19(13-17-27)26-23(28)24(14-2-3-15-24)32(29,30)22-10-4-18(25)5-11-22/h4-11,19H,2-3,12-17H2,1H3,(H,26,28). The molecule has 172 valence electrons. The normalized spacial score (nSPS) is 19.0. The van der Waals surface area contributed by atoms with Crippen molar-refractivity contribution in [3.05, 3.63) is 53.6 Å². The van der Waals surface area contributed by atoms with Crippen molar-refractivity contribution in [2.24, 2.45) is 0 Å². The van der Waals surface area contributed by atoms with Gasteiger partial charge in [0.15, 0.2) is 14.6 Å². The summed E-state index contributed by atoms with van der Waals surface area (Å²) in [6, 6.07) is 14.0. The van der Waals surface area contributed by atoms with E-state index in [1.165, 1.54) is 12.1 Å². The zero-order chi connectivity index (χ0) is 22.8. The molecule has 4 rings (SSSR count). The zero-order valence-electron chi connectivity index (χ0n) is 18.2. The van der Waals surface area contributed by atoms with Crippen LogP contribution in [0.3, 0.4) is 0 Å². The minimum absolute atomic E-state index is 0.0325. The molecule has 0 radical (unpaired) electrons. The Morgan fingerprint density at radius 2 is 1.62 bits per heavy atom. The third-order valence-electron chi connectivity index (χ3n) is 6.73. The van der Waals surface area contributed by atoms with Gasteiger partial charge in [0.25, 0.3) is 0 Å². The van der Waals surface area contributed by atoms with Crippen molar-refractivity contribution in [3.8, 4) is 5.75 Å². The fourth-order valence-corrected chi connectivity index (χ4v) is 7.00. The van der Waals surface area contributed by atoms with Crippen molar-refractivity contribution in [1.82, 2.24) is 5.32 Å². The van der Waals surface area contributed by atoms with Crippen molar-refractivity contribution in [2.75, 3.05) is 25.1 Å². The molecule has 2 aromatic carbocycles. The predicted molar refractivity (Wildman–Crippen MR) is 126 cm³/mol. The van der Waals surface area contributed by atoms with Crippen LogP contribution in [0.1, 0.15) is 38.5 Å². The number of hydrogen-bond acceptors (Lipinski definition) is 5. The second kappa shape index (κ2) is 9.32. The van der Waals surface area contributed by atoms with Gasteiger partial charge in [0.1, 0.15) is 5.75 Å². The molecule has 2 aliphatic rings. The van der Waals surface area contributed by atoms with Gasteiger partial charge in [-0.2, -0.15) is 0 Å². The number of nitrogens with zero attached hydrogens (tertiary/aromatic N) is 1. The molecule has 1 aliphatic carbocycles. The summed E-state index contributed by atoms with van der Waals surface area (Å²) in [6.45, 7) is 1.60. The highest BCUT2D eigenvalue weighted by atomic mass is 35.5. The molecule has 32 heavy (non-hydrogen) atoms. The molecule has 1 saturated carbocycles. The number of sulfone groups is 1. The van der Waals surface area contributed by atoms with Gasteiger partial charge in [-0.15, -0.1) is 0 Å². The third kappa shape index (κ3) is 4.33. The summed E-state index contributed by atoms with van der Waals surface area (Å²) in [4.78, 5) is 15.8. The number of benzene rings is 2. The molecule has 0 unspecified atom stereocenters. The molecule has 0 aromatic heterocycles. The Kier molecular flexibility index (Phi) is 6.67. The van der Waals surface area contributed by atoms with Gasteiger partial charge in [0, 0.05) is 29.8 Å². The molecule has 1 saturated heterocycles. The second-order valence-electron chi connectivity index (χ2n) is 8.59. The summed E-state index contributed by atoms with van der Waals surface area (Å²) in [6.07, 6.45) is 3.72. The number of amides is 1. The summed E-state index contributed by atoms with van der Waals surface area (Å²) < 4.78 is 30.9. The number of methoxy groups -OCH3 is 1. The highest BCUT2D eigenvalue weighted by Gasteiger charge is 2.53. The van der Waals surface area contributed by atoms with E-state index in [0.717, 1.165) is 50.2 Å². The Morgan fingerprint density at radius 3 is 2.19 bits per heavy atom. The molecule has 0 bridgehead atoms. The summed E-state index contributed by atoms with van der Waals surface area (Å²) in [5.74, 6) is 0.465. The van der Waals surface area contributed by atoms with Crippen LogP contribution < -0.4 is 15.0 Å². The van der Waals surface area contributed by atoms with Crippen molar-refractivity contribution in [3.63, 3.8) is 0 Å². The van der Waals surface area contributed by atoms with Crippen LogP contribution in [-0.2, 0) is 14.6 Å². The van der Waals surface area contributed by atoms with Gasteiger partial charge in [0.05, 0.1) is 12.0 Å². The monoisotopic (exact) mass is 476 g/mol. The van der Waals surface area contributed by atoms with E-state index in [4.69, 9.17) is 16.3 Å². The number of hydrogen-bond donors (Lipinski definition) is 1. The largest absolute Gasteiger partial charge is 0.497 e. The summed E-state index contributed by atoms with van der Waals surface area (Å²) in [5, 5.41) is 3.56. The minimum Gasteiger partial charge on any atom is -0.497 e. The number of carbonyl (C=O) groups is 1. The van der Waals surface area contributed by atoms with Crippen LogP contribution >= 0.6 is 11.6 Å². The van der Waals surface area contributed by atoms with Gasteiger partial charge in [-0.25, -0.2) is 8.42 Å². The fraction of sp³-hybridized carbons (Fsp3) is 0.458. The molecular weight excluding hydrogens is 448 g/mol. The molecule has 8 heteroatoms. The van der Waals surface area contributed by atoms with Crippen molar-refractivity contribution >= 4 is 33.0 Å². The van der Waals surface area contributed by atoms with E-state index in [2.05, 4.69) is 10.2 Å². The summed E-state index contributed by atoms with van der Waals surface area (Å²) in [5.41, 5.74) is 1.12. The van der Waals surface area contributed by atoms with Crippen LogP contribution in [0.2, 0.25) is 5.02 Å². The highest BCUT2D eigenvalue weighted by molar-refractivity contribution is 7.93. The first-order valence-electron chi connectivity index (χ1n) is 11.1. The minimum atomic E-state index is -3.82. The maximum atomic E-state index is 13.5. The first kappa shape index (κ1) is 22.9. The lowest BCUT2D eigenvalue weighted by molar-refractivity contribution is -0.124.